The van der Waals surface area contributed by atoms with Crippen molar-refractivity contribution in [3.63, 3.8) is 0 Å². The molecule has 0 atom stereocenters. The van der Waals surface area contributed by atoms with E-state index in [0.717, 1.165) is 0 Å². The van der Waals surface area contributed by atoms with Crippen LogP contribution in [-0.2, 0) is 52.1 Å². The fourth-order valence-electron chi connectivity index (χ4n) is 0. The molecule has 2 radical (unpaired) electrons. The topological polar surface area (TPSA) is 0 Å². The summed E-state index contributed by atoms with van der Waals surface area (Å²) >= 11 is 0. The van der Waals surface area contributed by atoms with E-state index in [4.69, 9.17) is 0 Å². The predicted molar refractivity (Wildman–Crippen MR) is 5.75 cm³/mol. The minimum Gasteiger partial charge on any atom is 0 e. The molecule has 0 aliphatic heterocycles. The van der Waals surface area contributed by atoms with Gasteiger partial charge in [-0.25, -0.2) is 0 Å². The van der Waals surface area contributed by atoms with E-state index in [1.165, 1.54) is 0 Å². The molecular weight excluding hydrogens is 188 g/mol. The summed E-state index contributed by atoms with van der Waals surface area (Å²) in [5.74, 6) is 0. The molecule has 0 N–H and O–H groups in total. The molecule has 0 aliphatic carbocycles. The van der Waals surface area contributed by atoms with Crippen LogP contribution >= 0.6 is 0 Å². The average Bonchev–Trinajstić information content (AvgIpc) is 0. The van der Waals surface area contributed by atoms with Gasteiger partial charge in [0.1, 0.15) is 0 Å². The Morgan fingerprint density at radius 2 is 1.00 bits per heavy atom. The van der Waals surface area contributed by atoms with Gasteiger partial charge in [0.05, 0.1) is 0 Å². The van der Waals surface area contributed by atoms with Crippen LogP contribution in [0, 0.1) is 0 Å². The van der Waals surface area contributed by atoms with Gasteiger partial charge < -0.3 is 0 Å². The van der Waals surface area contributed by atoms with Crippen LogP contribution in [0.1, 0.15) is 0 Å². The zero-order valence-corrected chi connectivity index (χ0v) is 7.61. The molecule has 0 spiro atoms. The van der Waals surface area contributed by atoms with E-state index in [1.807, 2.05) is 0 Å². The maximum absolute atomic E-state index is 0. The van der Waals surface area contributed by atoms with Gasteiger partial charge in [0, 0.05) is 81.7 Å². The normalized spacial score (nSPS) is 0. The van der Waals surface area contributed by atoms with Gasteiger partial charge in [0.15, 0.2) is 0 Å². The first-order valence-electron chi connectivity index (χ1n) is 0. The molecule has 0 aliphatic rings. The fourth-order valence-corrected chi connectivity index (χ4v) is 0. The van der Waals surface area contributed by atoms with Crippen molar-refractivity contribution in [2.75, 3.05) is 0 Å². The Balaban J connectivity index is 0. The molecule has 0 aromatic carbocycles. The molecular formula is FeNaNiV. The van der Waals surface area contributed by atoms with Gasteiger partial charge in [0.2, 0.25) is 0 Å². The summed E-state index contributed by atoms with van der Waals surface area (Å²) in [4.78, 5) is 0. The largest absolute Gasteiger partial charge is 0 e. The second-order valence-electron chi connectivity index (χ2n) is 0. The van der Waals surface area contributed by atoms with Crippen LogP contribution < -0.4 is 0 Å². The third-order valence-corrected chi connectivity index (χ3v) is 0. The van der Waals surface area contributed by atoms with Crippen molar-refractivity contribution in [1.82, 2.24) is 0 Å². The molecule has 4 heteroatoms. The van der Waals surface area contributed by atoms with Gasteiger partial charge in [-0.1, -0.05) is 0 Å². The van der Waals surface area contributed by atoms with Crippen LogP contribution in [0.15, 0.2) is 0 Å². The van der Waals surface area contributed by atoms with Crippen molar-refractivity contribution < 1.29 is 52.1 Å². The van der Waals surface area contributed by atoms with E-state index in [1.54, 1.807) is 0 Å². The Morgan fingerprint density at radius 3 is 1.00 bits per heavy atom. The third kappa shape index (κ3) is 8.82. The summed E-state index contributed by atoms with van der Waals surface area (Å²) in [5.41, 5.74) is 0. The minimum absolute atomic E-state index is 0. The molecule has 0 unspecified atom stereocenters. The molecule has 0 amide bonds. The van der Waals surface area contributed by atoms with E-state index >= 15 is 0 Å². The first-order chi connectivity index (χ1) is 0. The monoisotopic (exact) mass is 188 g/mol. The number of rotatable bonds is 0. The van der Waals surface area contributed by atoms with Crippen molar-refractivity contribution in [3.8, 4) is 0 Å². The summed E-state index contributed by atoms with van der Waals surface area (Å²) in [7, 11) is 0. The molecule has 0 saturated carbocycles. The first-order valence-corrected chi connectivity index (χ1v) is 0. The Kier molecular flexibility index (Phi) is 134. The molecule has 0 aromatic heterocycles. The van der Waals surface area contributed by atoms with Gasteiger partial charge in [-0.15, -0.1) is 0 Å². The molecule has 0 heterocycles. The zero-order valence-electron chi connectivity index (χ0n) is 2.12. The van der Waals surface area contributed by atoms with E-state index < -0.39 is 0 Å². The average molecular weight is 188 g/mol. The van der Waals surface area contributed by atoms with Crippen LogP contribution in [0.5, 0.6) is 0 Å². The van der Waals surface area contributed by atoms with Gasteiger partial charge in [-0.2, -0.15) is 0 Å². The molecule has 0 bridgehead atoms. The van der Waals surface area contributed by atoms with Crippen molar-refractivity contribution >= 4 is 29.6 Å². The second-order valence-corrected chi connectivity index (χ2v) is 0. The van der Waals surface area contributed by atoms with Gasteiger partial charge >= 0.3 is 0 Å². The van der Waals surface area contributed by atoms with E-state index in [2.05, 4.69) is 0 Å². The van der Waals surface area contributed by atoms with Crippen LogP contribution in [0.3, 0.4) is 0 Å². The predicted octanol–water partition coefficient (Wildman–Crippen LogP) is -0.388. The van der Waals surface area contributed by atoms with E-state index in [9.17, 15) is 0 Å². The fraction of sp³-hybridized carbons (Fsp3) is 0. The van der Waals surface area contributed by atoms with Gasteiger partial charge in [0.25, 0.3) is 0 Å². The van der Waals surface area contributed by atoms with Crippen LogP contribution in [0.4, 0.5) is 0 Å². The summed E-state index contributed by atoms with van der Waals surface area (Å²) in [5, 5.41) is 0. The zero-order chi connectivity index (χ0) is 0. The van der Waals surface area contributed by atoms with Crippen molar-refractivity contribution in [2.24, 2.45) is 0 Å². The summed E-state index contributed by atoms with van der Waals surface area (Å²) < 4.78 is 0. The molecule has 0 saturated heterocycles. The second kappa shape index (κ2) is 17.5. The summed E-state index contributed by atoms with van der Waals surface area (Å²) in [6, 6.07) is 0. The van der Waals surface area contributed by atoms with Crippen LogP contribution in [0.2, 0.25) is 0 Å². The number of hydrogen-bond donors (Lipinski definition) is 0. The van der Waals surface area contributed by atoms with Crippen molar-refractivity contribution in [1.29, 1.82) is 0 Å². The Hall–Kier alpha value is 2.60. The smallest absolute Gasteiger partial charge is 0 e. The minimum atomic E-state index is 0. The van der Waals surface area contributed by atoms with Crippen molar-refractivity contribution in [3.05, 3.63) is 0 Å². The van der Waals surface area contributed by atoms with E-state index in [0.29, 0.717) is 0 Å². The SMILES string of the molecule is [Fe].[Na].[Ni].[V]. The molecule has 24 valence electrons. The Labute approximate surface area is 80.4 Å². The number of hydrogen-bond acceptors (Lipinski definition) is 0. The van der Waals surface area contributed by atoms with Crippen molar-refractivity contribution in [2.45, 2.75) is 0 Å². The first kappa shape index (κ1) is 30.6. The van der Waals surface area contributed by atoms with E-state index in [-0.39, 0.29) is 81.7 Å². The molecule has 4 heavy (non-hydrogen) atoms. The molecule has 0 aromatic rings. The molecule has 0 rings (SSSR count). The summed E-state index contributed by atoms with van der Waals surface area (Å²) in [6.45, 7) is 0. The summed E-state index contributed by atoms with van der Waals surface area (Å²) in [6.07, 6.45) is 0. The van der Waals surface area contributed by atoms with Gasteiger partial charge in [-0.05, 0) is 0 Å². The molecule has 0 nitrogen and oxygen atoms in total. The third-order valence-electron chi connectivity index (χ3n) is 0. The Bertz CT molecular complexity index is 8.00. The van der Waals surface area contributed by atoms with Gasteiger partial charge in [-0.3, -0.25) is 0 Å². The maximum atomic E-state index is 0. The standard InChI is InChI=1S/Fe.Na.Ni.V. The quantitative estimate of drug-likeness (QED) is 0.455. The Morgan fingerprint density at radius 1 is 1.00 bits per heavy atom. The van der Waals surface area contributed by atoms with Crippen LogP contribution in [-0.4, -0.2) is 29.6 Å². The molecule has 0 fully saturated rings. The maximum Gasteiger partial charge on any atom is 0 e. The van der Waals surface area contributed by atoms with Crippen LogP contribution in [0.25, 0.3) is 0 Å².